The minimum Gasteiger partial charge on any atom is -0.496 e. The zero-order chi connectivity index (χ0) is 21.0. The Hall–Kier alpha value is -2.96. The number of nitrogens with zero attached hydrogens (tertiary/aromatic N) is 3. The minimum absolute atomic E-state index is 0.0197. The van der Waals surface area contributed by atoms with Gasteiger partial charge in [-0.25, -0.2) is 4.79 Å². The lowest BCUT2D eigenvalue weighted by molar-refractivity contribution is -0.134. The number of amides is 3. The summed E-state index contributed by atoms with van der Waals surface area (Å²) in [4.78, 5) is 29.2. The van der Waals surface area contributed by atoms with E-state index in [4.69, 9.17) is 4.74 Å². The van der Waals surface area contributed by atoms with Gasteiger partial charge in [-0.15, -0.1) is 0 Å². The first-order chi connectivity index (χ1) is 14.0. The third kappa shape index (κ3) is 4.39. The average Bonchev–Trinajstić information content (AvgIpc) is 3.19. The van der Waals surface area contributed by atoms with Gasteiger partial charge in [0.15, 0.2) is 0 Å². The molecule has 0 radical (unpaired) electrons. The first-order valence-electron chi connectivity index (χ1n) is 10.1. The predicted molar refractivity (Wildman–Crippen MR) is 112 cm³/mol. The zero-order valence-corrected chi connectivity index (χ0v) is 17.6. The lowest BCUT2D eigenvalue weighted by Gasteiger charge is -2.38. The second-order valence-corrected chi connectivity index (χ2v) is 7.48. The van der Waals surface area contributed by atoms with Crippen LogP contribution in [0.5, 0.6) is 5.75 Å². The summed E-state index contributed by atoms with van der Waals surface area (Å²) in [5, 5.41) is 2.87. The number of urea groups is 1. The number of nitrogens with one attached hydrogen (secondary N) is 1. The van der Waals surface area contributed by atoms with Gasteiger partial charge in [0.25, 0.3) is 0 Å². The SMILES string of the molecule is CCN(CC(=O)N1CCn2cccc2C1c1ccccc1OC)C(=O)NC(C)C. The van der Waals surface area contributed by atoms with Crippen molar-refractivity contribution in [1.82, 2.24) is 19.7 Å². The topological polar surface area (TPSA) is 66.8 Å². The molecule has 7 heteroatoms. The van der Waals surface area contributed by atoms with Crippen molar-refractivity contribution in [1.29, 1.82) is 0 Å². The van der Waals surface area contributed by atoms with Gasteiger partial charge >= 0.3 is 6.03 Å². The molecule has 0 saturated heterocycles. The maximum atomic E-state index is 13.3. The Bertz CT molecular complexity index is 861. The van der Waals surface area contributed by atoms with Crippen molar-refractivity contribution in [2.75, 3.05) is 26.7 Å². The van der Waals surface area contributed by atoms with Gasteiger partial charge in [0, 0.05) is 43.1 Å². The highest BCUT2D eigenvalue weighted by atomic mass is 16.5. The average molecular weight is 399 g/mol. The van der Waals surface area contributed by atoms with Crippen molar-refractivity contribution in [3.63, 3.8) is 0 Å². The molecule has 29 heavy (non-hydrogen) atoms. The van der Waals surface area contributed by atoms with Crippen LogP contribution in [0.15, 0.2) is 42.6 Å². The summed E-state index contributed by atoms with van der Waals surface area (Å²) in [5.41, 5.74) is 1.99. The number of para-hydroxylation sites is 1. The van der Waals surface area contributed by atoms with E-state index in [9.17, 15) is 9.59 Å². The van der Waals surface area contributed by atoms with Crippen LogP contribution >= 0.6 is 0 Å². The summed E-state index contributed by atoms with van der Waals surface area (Å²) < 4.78 is 7.75. The van der Waals surface area contributed by atoms with E-state index >= 15 is 0 Å². The van der Waals surface area contributed by atoms with Gasteiger partial charge in [-0.05, 0) is 39.0 Å². The number of carbonyl (C=O) groups excluding carboxylic acids is 2. The molecule has 7 nitrogen and oxygen atoms in total. The van der Waals surface area contributed by atoms with Gasteiger partial charge in [0.05, 0.1) is 7.11 Å². The number of hydrogen-bond acceptors (Lipinski definition) is 3. The van der Waals surface area contributed by atoms with Crippen LogP contribution in [0.2, 0.25) is 0 Å². The molecule has 0 saturated carbocycles. The van der Waals surface area contributed by atoms with E-state index in [0.717, 1.165) is 23.6 Å². The molecule has 1 aliphatic heterocycles. The summed E-state index contributed by atoms with van der Waals surface area (Å²) in [5.74, 6) is 0.670. The Morgan fingerprint density at radius 3 is 2.66 bits per heavy atom. The number of hydrogen-bond donors (Lipinski definition) is 1. The first kappa shape index (κ1) is 20.8. The molecule has 3 amide bonds. The molecule has 1 atom stereocenters. The van der Waals surface area contributed by atoms with Crippen LogP contribution in [0, 0.1) is 0 Å². The Morgan fingerprint density at radius 1 is 1.21 bits per heavy atom. The molecule has 1 aromatic heterocycles. The van der Waals surface area contributed by atoms with E-state index in [2.05, 4.69) is 9.88 Å². The highest BCUT2D eigenvalue weighted by Crippen LogP contribution is 2.37. The Morgan fingerprint density at radius 2 is 1.97 bits per heavy atom. The molecule has 0 spiro atoms. The highest BCUT2D eigenvalue weighted by molar-refractivity contribution is 5.85. The Balaban J connectivity index is 1.90. The number of ether oxygens (including phenoxy) is 1. The maximum Gasteiger partial charge on any atom is 0.318 e. The van der Waals surface area contributed by atoms with Crippen LogP contribution < -0.4 is 10.1 Å². The molecule has 2 aromatic rings. The maximum absolute atomic E-state index is 13.3. The fourth-order valence-corrected chi connectivity index (χ4v) is 3.79. The van der Waals surface area contributed by atoms with Crippen LogP contribution in [0.1, 0.15) is 38.1 Å². The van der Waals surface area contributed by atoms with Crippen LogP contribution in [-0.2, 0) is 11.3 Å². The normalized spacial score (nSPS) is 15.8. The molecule has 2 heterocycles. The lowest BCUT2D eigenvalue weighted by Crippen LogP contribution is -2.50. The Kier molecular flexibility index (Phi) is 6.46. The fourth-order valence-electron chi connectivity index (χ4n) is 3.79. The van der Waals surface area contributed by atoms with Crippen molar-refractivity contribution in [2.45, 2.75) is 39.4 Å². The summed E-state index contributed by atoms with van der Waals surface area (Å²) in [6.07, 6.45) is 2.04. The van der Waals surface area contributed by atoms with E-state index in [1.807, 2.05) is 68.3 Å². The second kappa shape index (κ2) is 9.03. The quantitative estimate of drug-likeness (QED) is 0.814. The Labute approximate surface area is 172 Å². The molecule has 0 aliphatic carbocycles. The van der Waals surface area contributed by atoms with Gasteiger partial charge in [-0.1, -0.05) is 18.2 Å². The van der Waals surface area contributed by atoms with E-state index in [1.54, 1.807) is 12.0 Å². The van der Waals surface area contributed by atoms with Gasteiger partial charge in [-0.3, -0.25) is 4.79 Å². The van der Waals surface area contributed by atoms with Gasteiger partial charge in [0.2, 0.25) is 5.91 Å². The van der Waals surface area contributed by atoms with E-state index in [-0.39, 0.29) is 30.6 Å². The predicted octanol–water partition coefficient (Wildman–Crippen LogP) is 2.87. The molecular weight excluding hydrogens is 368 g/mol. The van der Waals surface area contributed by atoms with Crippen molar-refractivity contribution >= 4 is 11.9 Å². The van der Waals surface area contributed by atoms with Crippen LogP contribution in [-0.4, -0.2) is 59.1 Å². The molecule has 0 fully saturated rings. The number of methoxy groups -OCH3 is 1. The van der Waals surface area contributed by atoms with Gasteiger partial charge in [-0.2, -0.15) is 0 Å². The van der Waals surface area contributed by atoms with E-state index < -0.39 is 0 Å². The molecule has 1 aliphatic rings. The van der Waals surface area contributed by atoms with E-state index in [0.29, 0.717) is 13.1 Å². The summed E-state index contributed by atoms with van der Waals surface area (Å²) >= 11 is 0. The number of benzene rings is 1. The third-order valence-corrected chi connectivity index (χ3v) is 5.20. The van der Waals surface area contributed by atoms with Crippen molar-refractivity contribution in [3.05, 3.63) is 53.9 Å². The van der Waals surface area contributed by atoms with Gasteiger partial charge < -0.3 is 24.4 Å². The van der Waals surface area contributed by atoms with E-state index in [1.165, 1.54) is 0 Å². The summed E-state index contributed by atoms with van der Waals surface area (Å²) in [7, 11) is 1.64. The second-order valence-electron chi connectivity index (χ2n) is 7.48. The fraction of sp³-hybridized carbons (Fsp3) is 0.455. The third-order valence-electron chi connectivity index (χ3n) is 5.20. The number of likely N-dealkylation sites (N-methyl/N-ethyl adjacent to an activating group) is 1. The summed E-state index contributed by atoms with van der Waals surface area (Å²) in [6.45, 7) is 7.51. The lowest BCUT2D eigenvalue weighted by atomic mass is 9.98. The standard InChI is InChI=1S/C22H30N4O3/c1-5-24(22(28)23-16(2)3)15-20(27)26-14-13-25-12-8-10-18(25)21(26)17-9-6-7-11-19(17)29-4/h6-12,16,21H,5,13-15H2,1-4H3,(H,23,28). The highest BCUT2D eigenvalue weighted by Gasteiger charge is 2.34. The molecule has 1 unspecified atom stereocenters. The molecule has 1 N–H and O–H groups in total. The number of aromatic nitrogens is 1. The van der Waals surface area contributed by atoms with Crippen molar-refractivity contribution < 1.29 is 14.3 Å². The van der Waals surface area contributed by atoms with Crippen LogP contribution in [0.25, 0.3) is 0 Å². The zero-order valence-electron chi connectivity index (χ0n) is 17.6. The summed E-state index contributed by atoms with van der Waals surface area (Å²) in [6, 6.07) is 11.4. The monoisotopic (exact) mass is 398 g/mol. The van der Waals surface area contributed by atoms with Crippen molar-refractivity contribution in [3.8, 4) is 5.75 Å². The number of rotatable bonds is 6. The molecular formula is C22H30N4O3. The molecule has 3 rings (SSSR count). The minimum atomic E-state index is -0.255. The van der Waals surface area contributed by atoms with Crippen LogP contribution in [0.4, 0.5) is 4.79 Å². The molecule has 156 valence electrons. The largest absolute Gasteiger partial charge is 0.496 e. The molecule has 0 bridgehead atoms. The number of carbonyl (C=O) groups is 2. The smallest absolute Gasteiger partial charge is 0.318 e. The van der Waals surface area contributed by atoms with Crippen LogP contribution in [0.3, 0.4) is 0 Å². The first-order valence-corrected chi connectivity index (χ1v) is 10.1. The number of fused-ring (bicyclic) bond motifs is 1. The molecule has 1 aromatic carbocycles. The van der Waals surface area contributed by atoms with Crippen molar-refractivity contribution in [2.24, 2.45) is 0 Å². The van der Waals surface area contributed by atoms with Gasteiger partial charge in [0.1, 0.15) is 18.3 Å².